The van der Waals surface area contributed by atoms with Gasteiger partial charge in [0.2, 0.25) is 0 Å². The first-order chi connectivity index (χ1) is 9.95. The zero-order valence-corrected chi connectivity index (χ0v) is 13.9. The minimum absolute atomic E-state index is 0.299. The summed E-state index contributed by atoms with van der Waals surface area (Å²) in [4.78, 5) is 0. The summed E-state index contributed by atoms with van der Waals surface area (Å²) in [7, 11) is 0. The second-order valence-electron chi connectivity index (χ2n) is 5.07. The maximum Gasteiger partial charge on any atom is 0.131 e. The van der Waals surface area contributed by atoms with Crippen LogP contribution in [0.3, 0.4) is 0 Å². The lowest BCUT2D eigenvalue weighted by Gasteiger charge is -2.22. The van der Waals surface area contributed by atoms with Crippen molar-refractivity contribution in [3.05, 3.63) is 68.7 Å². The van der Waals surface area contributed by atoms with Gasteiger partial charge in [-0.1, -0.05) is 35.0 Å². The molecule has 0 aliphatic heterocycles. The highest BCUT2D eigenvalue weighted by molar-refractivity contribution is 9.10. The van der Waals surface area contributed by atoms with Crippen LogP contribution < -0.4 is 5.32 Å². The van der Waals surface area contributed by atoms with E-state index in [0.29, 0.717) is 17.7 Å². The summed E-state index contributed by atoms with van der Waals surface area (Å²) in [6, 6.07) is 8.08. The van der Waals surface area contributed by atoms with E-state index < -0.39 is 11.6 Å². The molecule has 0 bridgehead atoms. The van der Waals surface area contributed by atoms with Crippen molar-refractivity contribution >= 4 is 15.9 Å². The van der Waals surface area contributed by atoms with E-state index >= 15 is 0 Å². The monoisotopic (exact) mass is 353 g/mol. The lowest BCUT2D eigenvalue weighted by Crippen LogP contribution is -2.24. The normalized spacial score (nSPS) is 12.5. The lowest BCUT2D eigenvalue weighted by atomic mass is 9.93. The highest BCUT2D eigenvalue weighted by atomic mass is 79.9. The topological polar surface area (TPSA) is 12.0 Å². The number of aryl methyl sites for hydroxylation is 1. The van der Waals surface area contributed by atoms with Gasteiger partial charge < -0.3 is 5.32 Å². The molecule has 0 aromatic heterocycles. The largest absolute Gasteiger partial charge is 0.306 e. The van der Waals surface area contributed by atoms with E-state index in [0.717, 1.165) is 21.7 Å². The van der Waals surface area contributed by atoms with Crippen LogP contribution in [0.25, 0.3) is 0 Å². The van der Waals surface area contributed by atoms with Crippen LogP contribution in [0.2, 0.25) is 0 Å². The first kappa shape index (κ1) is 16.1. The third kappa shape index (κ3) is 3.33. The van der Waals surface area contributed by atoms with Gasteiger partial charge in [-0.15, -0.1) is 0 Å². The zero-order valence-electron chi connectivity index (χ0n) is 12.3. The van der Waals surface area contributed by atoms with E-state index in [-0.39, 0.29) is 6.04 Å². The number of hydrogen-bond donors (Lipinski definition) is 1. The predicted molar refractivity (Wildman–Crippen MR) is 85.5 cm³/mol. The third-order valence-electron chi connectivity index (χ3n) is 3.62. The maximum absolute atomic E-state index is 14.2. The van der Waals surface area contributed by atoms with Crippen LogP contribution in [0.15, 0.2) is 34.8 Å². The van der Waals surface area contributed by atoms with E-state index in [1.54, 1.807) is 13.0 Å². The summed E-state index contributed by atoms with van der Waals surface area (Å²) in [5, 5.41) is 3.29. The number of benzene rings is 2. The molecular formula is C17H18BrF2N. The van der Waals surface area contributed by atoms with Crippen molar-refractivity contribution in [3.8, 4) is 0 Å². The molecule has 1 atom stereocenters. The molecule has 1 unspecified atom stereocenters. The Labute approximate surface area is 132 Å². The molecule has 0 heterocycles. The van der Waals surface area contributed by atoms with Crippen LogP contribution in [0.5, 0.6) is 0 Å². The van der Waals surface area contributed by atoms with E-state index in [1.165, 1.54) is 0 Å². The van der Waals surface area contributed by atoms with Gasteiger partial charge >= 0.3 is 0 Å². The van der Waals surface area contributed by atoms with Crippen LogP contribution in [0.4, 0.5) is 8.78 Å². The van der Waals surface area contributed by atoms with E-state index in [9.17, 15) is 8.78 Å². The second kappa shape index (κ2) is 6.67. The number of rotatable bonds is 4. The molecule has 0 saturated carbocycles. The summed E-state index contributed by atoms with van der Waals surface area (Å²) < 4.78 is 28.7. The van der Waals surface area contributed by atoms with Crippen LogP contribution in [-0.4, -0.2) is 6.54 Å². The smallest absolute Gasteiger partial charge is 0.131 e. The summed E-state index contributed by atoms with van der Waals surface area (Å²) in [6.07, 6.45) is 0. The molecule has 4 heteroatoms. The van der Waals surface area contributed by atoms with Gasteiger partial charge in [-0.3, -0.25) is 0 Å². The molecule has 1 nitrogen and oxygen atoms in total. The predicted octanol–water partition coefficient (Wildman–Crippen LogP) is 5.04. The van der Waals surface area contributed by atoms with Gasteiger partial charge in [-0.25, -0.2) is 8.78 Å². The van der Waals surface area contributed by atoms with E-state index in [2.05, 4.69) is 21.2 Å². The van der Waals surface area contributed by atoms with Crippen molar-refractivity contribution < 1.29 is 8.78 Å². The summed E-state index contributed by atoms with van der Waals surface area (Å²) in [6.45, 7) is 6.29. The molecule has 0 saturated heterocycles. The first-order valence-corrected chi connectivity index (χ1v) is 7.69. The number of hydrogen-bond acceptors (Lipinski definition) is 1. The molecule has 0 spiro atoms. The molecule has 0 amide bonds. The Morgan fingerprint density at radius 1 is 1.10 bits per heavy atom. The Morgan fingerprint density at radius 3 is 2.48 bits per heavy atom. The molecule has 0 radical (unpaired) electrons. The summed E-state index contributed by atoms with van der Waals surface area (Å²) in [5.74, 6) is -1.04. The van der Waals surface area contributed by atoms with Crippen molar-refractivity contribution in [2.75, 3.05) is 6.54 Å². The Morgan fingerprint density at radius 2 is 1.81 bits per heavy atom. The van der Waals surface area contributed by atoms with Gasteiger partial charge in [0.05, 0.1) is 6.04 Å². The lowest BCUT2D eigenvalue weighted by molar-refractivity contribution is 0.537. The van der Waals surface area contributed by atoms with Gasteiger partial charge in [0, 0.05) is 16.1 Å². The van der Waals surface area contributed by atoms with Gasteiger partial charge in [0.25, 0.3) is 0 Å². The average Bonchev–Trinajstić information content (AvgIpc) is 2.44. The molecule has 2 rings (SSSR count). The highest BCUT2D eigenvalue weighted by Crippen LogP contribution is 2.31. The third-order valence-corrected chi connectivity index (χ3v) is 4.48. The fourth-order valence-electron chi connectivity index (χ4n) is 2.43. The van der Waals surface area contributed by atoms with Crippen molar-refractivity contribution in [2.45, 2.75) is 26.8 Å². The standard InChI is InChI=1S/C17H18BrF2N/c1-4-21-17(12-6-5-7-14(18)11(12)3)13-8-10(2)15(19)9-16(13)20/h5-9,17,21H,4H2,1-3H3. The first-order valence-electron chi connectivity index (χ1n) is 6.89. The molecule has 2 aromatic rings. The highest BCUT2D eigenvalue weighted by Gasteiger charge is 2.21. The van der Waals surface area contributed by atoms with Crippen LogP contribution in [0, 0.1) is 25.5 Å². The quantitative estimate of drug-likeness (QED) is 0.811. The minimum Gasteiger partial charge on any atom is -0.306 e. The van der Waals surface area contributed by atoms with Crippen molar-refractivity contribution in [2.24, 2.45) is 0 Å². The van der Waals surface area contributed by atoms with Crippen molar-refractivity contribution in [1.82, 2.24) is 5.32 Å². The van der Waals surface area contributed by atoms with Crippen LogP contribution in [0.1, 0.15) is 35.2 Å². The Kier molecular flexibility index (Phi) is 5.12. The molecule has 0 aliphatic rings. The van der Waals surface area contributed by atoms with Crippen molar-refractivity contribution in [1.29, 1.82) is 0 Å². The molecule has 2 aromatic carbocycles. The number of halogens is 3. The number of nitrogens with one attached hydrogen (secondary N) is 1. The Balaban J connectivity index is 2.59. The zero-order chi connectivity index (χ0) is 15.6. The Hall–Kier alpha value is -1.26. The van der Waals surface area contributed by atoms with Crippen molar-refractivity contribution in [3.63, 3.8) is 0 Å². The second-order valence-corrected chi connectivity index (χ2v) is 5.92. The molecular weight excluding hydrogens is 336 g/mol. The maximum atomic E-state index is 14.2. The SMILES string of the molecule is CCNC(c1cc(C)c(F)cc1F)c1cccc(Br)c1C. The minimum atomic E-state index is -0.525. The fourth-order valence-corrected chi connectivity index (χ4v) is 2.81. The van der Waals surface area contributed by atoms with E-state index in [1.807, 2.05) is 32.0 Å². The van der Waals surface area contributed by atoms with Crippen LogP contribution >= 0.6 is 15.9 Å². The van der Waals surface area contributed by atoms with E-state index in [4.69, 9.17) is 0 Å². The van der Waals surface area contributed by atoms with Gasteiger partial charge in [0.15, 0.2) is 0 Å². The Bertz CT molecular complexity index is 655. The fraction of sp³-hybridized carbons (Fsp3) is 0.294. The van der Waals surface area contributed by atoms with Gasteiger partial charge in [-0.05, 0) is 49.2 Å². The summed E-state index contributed by atoms with van der Waals surface area (Å²) >= 11 is 3.50. The molecule has 0 fully saturated rings. The van der Waals surface area contributed by atoms with Gasteiger partial charge in [-0.2, -0.15) is 0 Å². The molecule has 21 heavy (non-hydrogen) atoms. The van der Waals surface area contributed by atoms with Crippen LogP contribution in [-0.2, 0) is 0 Å². The average molecular weight is 354 g/mol. The molecule has 0 aliphatic carbocycles. The van der Waals surface area contributed by atoms with Gasteiger partial charge in [0.1, 0.15) is 11.6 Å². The molecule has 112 valence electrons. The summed E-state index contributed by atoms with van der Waals surface area (Å²) in [5.41, 5.74) is 2.94. The molecule has 1 N–H and O–H groups in total.